The van der Waals surface area contributed by atoms with Crippen molar-refractivity contribution in [2.45, 2.75) is 19.4 Å². The van der Waals surface area contributed by atoms with Crippen molar-refractivity contribution >= 4 is 5.97 Å². The molecule has 0 amide bonds. The quantitative estimate of drug-likeness (QED) is 0.891. The summed E-state index contributed by atoms with van der Waals surface area (Å²) < 4.78 is 10.9. The number of benzene rings is 1. The third-order valence-corrected chi connectivity index (χ3v) is 4.31. The molecule has 0 unspecified atom stereocenters. The van der Waals surface area contributed by atoms with Crippen molar-refractivity contribution in [3.05, 3.63) is 23.3 Å². The molecule has 0 radical (unpaired) electrons. The van der Waals surface area contributed by atoms with E-state index in [4.69, 9.17) is 9.47 Å². The van der Waals surface area contributed by atoms with Gasteiger partial charge in [0.25, 0.3) is 0 Å². The van der Waals surface area contributed by atoms with Crippen LogP contribution in [-0.4, -0.2) is 68.3 Å². The van der Waals surface area contributed by atoms with E-state index in [0.29, 0.717) is 23.6 Å². The molecule has 0 aliphatic carbocycles. The molecule has 6 nitrogen and oxygen atoms in total. The highest BCUT2D eigenvalue weighted by Gasteiger charge is 2.33. The lowest BCUT2D eigenvalue weighted by molar-refractivity contribution is -0.143. The van der Waals surface area contributed by atoms with Crippen LogP contribution in [0.4, 0.5) is 0 Å². The van der Waals surface area contributed by atoms with E-state index in [1.807, 2.05) is 24.0 Å². The maximum Gasteiger partial charge on any atom is 0.325 e. The molecule has 128 valence electrons. The summed E-state index contributed by atoms with van der Waals surface area (Å²) in [6.45, 7) is 5.20. The Labute approximate surface area is 137 Å². The SMILES string of the molecule is COc1cc(C)cc(OC)c1[C@@H](C(=O)O)N1CCCN(C)CC1. The number of rotatable bonds is 5. The van der Waals surface area contributed by atoms with Crippen LogP contribution in [0.1, 0.15) is 23.6 Å². The van der Waals surface area contributed by atoms with Crippen molar-refractivity contribution in [2.75, 3.05) is 47.4 Å². The van der Waals surface area contributed by atoms with Gasteiger partial charge in [-0.25, -0.2) is 0 Å². The van der Waals surface area contributed by atoms with Crippen molar-refractivity contribution in [3.8, 4) is 11.5 Å². The van der Waals surface area contributed by atoms with Gasteiger partial charge in [0.15, 0.2) is 0 Å². The molecular formula is C17H26N2O4. The smallest absolute Gasteiger partial charge is 0.325 e. The standard InChI is InChI=1S/C17H26N2O4/c1-12-10-13(22-3)15(14(11-12)23-4)16(17(20)21)19-7-5-6-18(2)8-9-19/h10-11,16H,5-9H2,1-4H3,(H,20,21)/t16-/m0/s1. The lowest BCUT2D eigenvalue weighted by atomic mass is 10.00. The van der Waals surface area contributed by atoms with Gasteiger partial charge < -0.3 is 19.5 Å². The first kappa shape index (κ1) is 17.6. The van der Waals surface area contributed by atoms with Gasteiger partial charge in [-0.1, -0.05) is 0 Å². The summed E-state index contributed by atoms with van der Waals surface area (Å²) in [7, 11) is 5.19. The summed E-state index contributed by atoms with van der Waals surface area (Å²) in [6.07, 6.45) is 0.941. The fraction of sp³-hybridized carbons (Fsp3) is 0.588. The molecule has 1 aromatic carbocycles. The van der Waals surface area contributed by atoms with Gasteiger partial charge in [-0.3, -0.25) is 9.69 Å². The van der Waals surface area contributed by atoms with Gasteiger partial charge in [0.05, 0.1) is 19.8 Å². The maximum absolute atomic E-state index is 12.0. The largest absolute Gasteiger partial charge is 0.496 e. The molecule has 0 spiro atoms. The highest BCUT2D eigenvalue weighted by atomic mass is 16.5. The highest BCUT2D eigenvalue weighted by molar-refractivity contribution is 5.78. The van der Waals surface area contributed by atoms with Gasteiger partial charge in [-0.05, 0) is 44.6 Å². The van der Waals surface area contributed by atoms with Crippen molar-refractivity contribution < 1.29 is 19.4 Å². The average molecular weight is 322 g/mol. The zero-order valence-corrected chi connectivity index (χ0v) is 14.3. The van der Waals surface area contributed by atoms with Crippen LogP contribution < -0.4 is 9.47 Å². The molecule has 1 N–H and O–H groups in total. The van der Waals surface area contributed by atoms with Gasteiger partial charge in [0, 0.05) is 19.6 Å². The predicted molar refractivity (Wildman–Crippen MR) is 88.3 cm³/mol. The fourth-order valence-corrected chi connectivity index (χ4v) is 3.13. The predicted octanol–water partition coefficient (Wildman–Crippen LogP) is 1.78. The Bertz CT molecular complexity index is 537. The van der Waals surface area contributed by atoms with Crippen LogP contribution in [0.2, 0.25) is 0 Å². The van der Waals surface area contributed by atoms with E-state index in [-0.39, 0.29) is 0 Å². The number of carboxylic acid groups (broad SMARTS) is 1. The van der Waals surface area contributed by atoms with E-state index in [2.05, 4.69) is 11.9 Å². The van der Waals surface area contributed by atoms with Gasteiger partial charge in [-0.2, -0.15) is 0 Å². The molecule has 1 aliphatic rings. The summed E-state index contributed by atoms with van der Waals surface area (Å²) in [4.78, 5) is 16.3. The Morgan fingerprint density at radius 1 is 1.13 bits per heavy atom. The van der Waals surface area contributed by atoms with Crippen LogP contribution in [0, 0.1) is 6.92 Å². The summed E-state index contributed by atoms with van der Waals surface area (Å²) in [5, 5.41) is 9.88. The average Bonchev–Trinajstić information content (AvgIpc) is 2.73. The van der Waals surface area contributed by atoms with Crippen LogP contribution in [0.3, 0.4) is 0 Å². The maximum atomic E-state index is 12.0. The lowest BCUT2D eigenvalue weighted by Gasteiger charge is -2.30. The first-order valence-electron chi connectivity index (χ1n) is 7.85. The van der Waals surface area contributed by atoms with Gasteiger partial charge >= 0.3 is 5.97 Å². The number of nitrogens with zero attached hydrogens (tertiary/aromatic N) is 2. The second kappa shape index (κ2) is 7.66. The van der Waals surface area contributed by atoms with Crippen molar-refractivity contribution in [1.82, 2.24) is 9.80 Å². The number of ether oxygens (including phenoxy) is 2. The Balaban J connectivity index is 2.47. The van der Waals surface area contributed by atoms with Gasteiger partial charge in [0.2, 0.25) is 0 Å². The summed E-state index contributed by atoms with van der Waals surface area (Å²) >= 11 is 0. The molecule has 0 bridgehead atoms. The van der Waals surface area contributed by atoms with Crippen LogP contribution in [0.25, 0.3) is 0 Å². The molecule has 1 aliphatic heterocycles. The number of hydrogen-bond donors (Lipinski definition) is 1. The molecule has 1 fully saturated rings. The van der Waals surface area contributed by atoms with Gasteiger partial charge in [-0.15, -0.1) is 0 Å². The molecular weight excluding hydrogens is 296 g/mol. The zero-order chi connectivity index (χ0) is 17.0. The second-order valence-electron chi connectivity index (χ2n) is 6.02. The lowest BCUT2D eigenvalue weighted by Crippen LogP contribution is -2.37. The molecule has 1 atom stereocenters. The minimum absolute atomic E-state index is 0.562. The minimum atomic E-state index is -0.880. The van der Waals surface area contributed by atoms with E-state index < -0.39 is 12.0 Å². The number of methoxy groups -OCH3 is 2. The molecule has 0 aromatic heterocycles. The third-order valence-electron chi connectivity index (χ3n) is 4.31. The van der Waals surface area contributed by atoms with Crippen LogP contribution in [-0.2, 0) is 4.79 Å². The second-order valence-corrected chi connectivity index (χ2v) is 6.02. The Morgan fingerprint density at radius 2 is 1.74 bits per heavy atom. The number of hydrogen-bond acceptors (Lipinski definition) is 5. The van der Waals surface area contributed by atoms with Crippen molar-refractivity contribution in [3.63, 3.8) is 0 Å². The molecule has 6 heteroatoms. The molecule has 1 aromatic rings. The number of aliphatic carboxylic acids is 1. The normalized spacial score (nSPS) is 18.3. The van der Waals surface area contributed by atoms with Crippen molar-refractivity contribution in [2.24, 2.45) is 0 Å². The molecule has 23 heavy (non-hydrogen) atoms. The Hall–Kier alpha value is -1.79. The molecule has 2 rings (SSSR count). The molecule has 1 saturated heterocycles. The first-order chi connectivity index (χ1) is 11.0. The van der Waals surface area contributed by atoms with Crippen LogP contribution in [0.5, 0.6) is 11.5 Å². The summed E-state index contributed by atoms with van der Waals surface area (Å²) in [5.41, 5.74) is 1.57. The minimum Gasteiger partial charge on any atom is -0.496 e. The van der Waals surface area contributed by atoms with Gasteiger partial charge in [0.1, 0.15) is 17.5 Å². The van der Waals surface area contributed by atoms with Crippen LogP contribution >= 0.6 is 0 Å². The van der Waals surface area contributed by atoms with E-state index in [1.54, 1.807) is 14.2 Å². The zero-order valence-electron chi connectivity index (χ0n) is 14.3. The number of carbonyl (C=O) groups is 1. The fourth-order valence-electron chi connectivity index (χ4n) is 3.13. The van der Waals surface area contributed by atoms with E-state index in [9.17, 15) is 9.90 Å². The molecule has 0 saturated carbocycles. The van der Waals surface area contributed by atoms with E-state index >= 15 is 0 Å². The Morgan fingerprint density at radius 3 is 2.26 bits per heavy atom. The van der Waals surface area contributed by atoms with E-state index in [1.165, 1.54) is 0 Å². The third kappa shape index (κ3) is 3.95. The number of likely N-dealkylation sites (N-methyl/N-ethyl adjacent to an activating group) is 1. The molecule has 1 heterocycles. The highest BCUT2D eigenvalue weighted by Crippen LogP contribution is 2.38. The number of aryl methyl sites for hydroxylation is 1. The van der Waals surface area contributed by atoms with Crippen LogP contribution in [0.15, 0.2) is 12.1 Å². The monoisotopic (exact) mass is 322 g/mol. The summed E-state index contributed by atoms with van der Waals surface area (Å²) in [6, 6.07) is 2.95. The van der Waals surface area contributed by atoms with Crippen molar-refractivity contribution in [1.29, 1.82) is 0 Å². The summed E-state index contributed by atoms with van der Waals surface area (Å²) in [5.74, 6) is 0.244. The topological polar surface area (TPSA) is 62.2 Å². The van der Waals surface area contributed by atoms with E-state index in [0.717, 1.165) is 31.6 Å². The Kier molecular flexibility index (Phi) is 5.85. The first-order valence-corrected chi connectivity index (χ1v) is 7.85. The number of carboxylic acids is 1.